The van der Waals surface area contributed by atoms with Gasteiger partial charge in [-0.05, 0) is 6.07 Å². The van der Waals surface area contributed by atoms with Gasteiger partial charge in [0.25, 0.3) is 0 Å². The predicted molar refractivity (Wildman–Crippen MR) is 59.5 cm³/mol. The summed E-state index contributed by atoms with van der Waals surface area (Å²) in [6.45, 7) is 0. The van der Waals surface area contributed by atoms with E-state index >= 15 is 0 Å². The minimum atomic E-state index is 1.21. The van der Waals surface area contributed by atoms with Crippen molar-refractivity contribution in [3.63, 3.8) is 0 Å². The van der Waals surface area contributed by atoms with E-state index in [4.69, 9.17) is 0 Å². The van der Waals surface area contributed by atoms with E-state index in [-0.39, 0.29) is 0 Å². The second kappa shape index (κ2) is 2.98. The minimum Gasteiger partial charge on any atom is -0.327 e. The van der Waals surface area contributed by atoms with Crippen LogP contribution in [0.3, 0.4) is 0 Å². The van der Waals surface area contributed by atoms with Crippen molar-refractivity contribution in [3.8, 4) is 0 Å². The van der Waals surface area contributed by atoms with Crippen molar-refractivity contribution in [2.45, 2.75) is 0 Å². The van der Waals surface area contributed by atoms with Gasteiger partial charge in [-0.25, -0.2) is 0 Å². The topological polar surface area (TPSA) is 12.0 Å². The fraction of sp³-hybridized carbons (Fsp3) is 0. The molecule has 0 unspecified atom stereocenters. The van der Waals surface area contributed by atoms with Crippen LogP contribution < -0.4 is 3.53 Å². The monoisotopic (exact) mass is 275 g/mol. The zero-order chi connectivity index (χ0) is 7.68. The Labute approximate surface area is 82.9 Å². The van der Waals surface area contributed by atoms with Crippen LogP contribution in [0.15, 0.2) is 29.6 Å². The molecule has 0 aliphatic carbocycles. The van der Waals surface area contributed by atoms with Gasteiger partial charge in [0.05, 0.1) is 28.6 Å². The van der Waals surface area contributed by atoms with Crippen LogP contribution in [0.2, 0.25) is 0 Å². The Bertz CT molecular complexity index is 369. The summed E-state index contributed by atoms with van der Waals surface area (Å²) in [7, 11) is 0. The van der Waals surface area contributed by atoms with Gasteiger partial charge >= 0.3 is 0 Å². The summed E-state index contributed by atoms with van der Waals surface area (Å²) in [5, 5.41) is 3.45. The normalized spacial score (nSPS) is 10.3. The lowest BCUT2D eigenvalue weighted by atomic mass is 10.2. The van der Waals surface area contributed by atoms with Crippen molar-refractivity contribution in [1.82, 2.24) is 0 Å². The van der Waals surface area contributed by atoms with Gasteiger partial charge in [-0.1, -0.05) is 18.2 Å². The third kappa shape index (κ3) is 1.22. The first-order valence-electron chi connectivity index (χ1n) is 3.24. The SMILES string of the molecule is INc1csc2ccccc12. The maximum Gasteiger partial charge on any atom is 0.0615 e. The fourth-order valence-corrected chi connectivity index (χ4v) is 2.60. The zero-order valence-corrected chi connectivity index (χ0v) is 8.65. The molecule has 3 heteroatoms. The van der Waals surface area contributed by atoms with Gasteiger partial charge in [0.1, 0.15) is 0 Å². The van der Waals surface area contributed by atoms with Crippen LogP contribution in [0.4, 0.5) is 5.69 Å². The smallest absolute Gasteiger partial charge is 0.0615 e. The summed E-state index contributed by atoms with van der Waals surface area (Å²) < 4.78 is 4.47. The Morgan fingerprint density at radius 1 is 1.27 bits per heavy atom. The highest BCUT2D eigenvalue weighted by Crippen LogP contribution is 2.30. The summed E-state index contributed by atoms with van der Waals surface area (Å²) in [5.41, 5.74) is 1.21. The number of hydrogen-bond donors (Lipinski definition) is 1. The summed E-state index contributed by atoms with van der Waals surface area (Å²) in [6, 6.07) is 8.40. The molecule has 1 N–H and O–H groups in total. The average Bonchev–Trinajstić information content (AvgIpc) is 2.47. The van der Waals surface area contributed by atoms with E-state index in [9.17, 15) is 0 Å². The van der Waals surface area contributed by atoms with Crippen molar-refractivity contribution in [3.05, 3.63) is 29.6 Å². The third-order valence-corrected chi connectivity index (χ3v) is 3.13. The standard InChI is InChI=1S/C8H6INS/c9-10-7-5-11-8-4-2-1-3-6(7)8/h1-5,10H. The first kappa shape index (κ1) is 7.36. The van der Waals surface area contributed by atoms with E-state index < -0.39 is 0 Å². The van der Waals surface area contributed by atoms with E-state index in [1.165, 1.54) is 15.8 Å². The van der Waals surface area contributed by atoms with Crippen LogP contribution >= 0.6 is 34.2 Å². The molecule has 1 aromatic carbocycles. The number of nitrogens with one attached hydrogen (secondary N) is 1. The molecule has 2 rings (SSSR count). The molecule has 11 heavy (non-hydrogen) atoms. The molecule has 1 heterocycles. The Morgan fingerprint density at radius 2 is 2.09 bits per heavy atom. The fourth-order valence-electron chi connectivity index (χ4n) is 1.05. The predicted octanol–water partition coefficient (Wildman–Crippen LogP) is 3.66. The van der Waals surface area contributed by atoms with Crippen molar-refractivity contribution in [1.29, 1.82) is 0 Å². The number of hydrogen-bond acceptors (Lipinski definition) is 2. The molecule has 0 bridgehead atoms. The second-order valence-electron chi connectivity index (χ2n) is 2.24. The molecule has 0 aliphatic heterocycles. The largest absolute Gasteiger partial charge is 0.327 e. The van der Waals surface area contributed by atoms with Crippen LogP contribution in [0.5, 0.6) is 0 Å². The lowest BCUT2D eigenvalue weighted by Crippen LogP contribution is -1.73. The van der Waals surface area contributed by atoms with E-state index in [0.29, 0.717) is 0 Å². The van der Waals surface area contributed by atoms with Crippen molar-refractivity contribution in [2.75, 3.05) is 3.53 Å². The molecule has 0 atom stereocenters. The van der Waals surface area contributed by atoms with Gasteiger partial charge < -0.3 is 3.53 Å². The Kier molecular flexibility index (Phi) is 2.00. The first-order valence-corrected chi connectivity index (χ1v) is 5.20. The van der Waals surface area contributed by atoms with Gasteiger partial charge in [0, 0.05) is 15.5 Å². The molecule has 0 saturated carbocycles. The van der Waals surface area contributed by atoms with E-state index in [1.54, 1.807) is 11.3 Å². The van der Waals surface area contributed by atoms with Crippen LogP contribution in [0.25, 0.3) is 10.1 Å². The molecule has 0 fully saturated rings. The number of thiophene rings is 1. The maximum atomic E-state index is 3.13. The Balaban J connectivity index is 2.76. The van der Waals surface area contributed by atoms with Crippen molar-refractivity contribution >= 4 is 50.0 Å². The highest BCUT2D eigenvalue weighted by Gasteiger charge is 1.99. The summed E-state index contributed by atoms with van der Waals surface area (Å²) in [6.07, 6.45) is 0. The molecule has 2 aromatic rings. The molecule has 1 nitrogen and oxygen atoms in total. The second-order valence-corrected chi connectivity index (χ2v) is 3.69. The number of fused-ring (bicyclic) bond motifs is 1. The molecule has 56 valence electrons. The van der Waals surface area contributed by atoms with Crippen LogP contribution in [-0.2, 0) is 0 Å². The lowest BCUT2D eigenvalue weighted by Gasteiger charge is -1.92. The van der Waals surface area contributed by atoms with Gasteiger partial charge in [-0.2, -0.15) is 0 Å². The molecule has 0 amide bonds. The van der Waals surface area contributed by atoms with Gasteiger partial charge in [-0.3, -0.25) is 0 Å². The highest BCUT2D eigenvalue weighted by atomic mass is 127. The molecule has 0 radical (unpaired) electrons. The van der Waals surface area contributed by atoms with Gasteiger partial charge in [0.2, 0.25) is 0 Å². The summed E-state index contributed by atoms with van der Waals surface area (Å²) in [4.78, 5) is 0. The number of benzene rings is 1. The van der Waals surface area contributed by atoms with Crippen LogP contribution in [0.1, 0.15) is 0 Å². The molecular formula is C8H6INS. The van der Waals surface area contributed by atoms with E-state index in [1.807, 2.05) is 0 Å². The molecule has 0 saturated heterocycles. The lowest BCUT2D eigenvalue weighted by molar-refractivity contribution is 1.84. The number of rotatable bonds is 1. The molecule has 1 aromatic heterocycles. The average molecular weight is 275 g/mol. The third-order valence-electron chi connectivity index (χ3n) is 1.58. The van der Waals surface area contributed by atoms with Crippen LogP contribution in [-0.4, -0.2) is 0 Å². The number of anilines is 1. The Morgan fingerprint density at radius 3 is 2.91 bits per heavy atom. The first-order chi connectivity index (χ1) is 5.42. The Hall–Kier alpha value is -0.290. The van der Waals surface area contributed by atoms with Crippen molar-refractivity contribution < 1.29 is 0 Å². The number of halogens is 1. The van der Waals surface area contributed by atoms with Gasteiger partial charge in [0.15, 0.2) is 0 Å². The van der Waals surface area contributed by atoms with Crippen LogP contribution in [0, 0.1) is 0 Å². The summed E-state index contributed by atoms with van der Waals surface area (Å²) >= 11 is 3.93. The maximum absolute atomic E-state index is 3.13. The minimum absolute atomic E-state index is 1.21. The molecular weight excluding hydrogens is 269 g/mol. The quantitative estimate of drug-likeness (QED) is 0.618. The van der Waals surface area contributed by atoms with Gasteiger partial charge in [-0.15, -0.1) is 11.3 Å². The summed E-state index contributed by atoms with van der Waals surface area (Å²) in [5.74, 6) is 0. The van der Waals surface area contributed by atoms with Crippen molar-refractivity contribution in [2.24, 2.45) is 0 Å². The highest BCUT2D eigenvalue weighted by molar-refractivity contribution is 14.1. The van der Waals surface area contributed by atoms with E-state index in [2.05, 4.69) is 56.0 Å². The molecule has 0 spiro atoms. The van der Waals surface area contributed by atoms with E-state index in [0.717, 1.165) is 0 Å². The molecule has 0 aliphatic rings. The zero-order valence-electron chi connectivity index (χ0n) is 5.67.